The van der Waals surface area contributed by atoms with Gasteiger partial charge in [0.2, 0.25) is 0 Å². The third-order valence-electron chi connectivity index (χ3n) is 4.04. The van der Waals surface area contributed by atoms with Gasteiger partial charge in [-0.1, -0.05) is 37.3 Å². The molecule has 1 aromatic carbocycles. The van der Waals surface area contributed by atoms with E-state index in [1.54, 1.807) is 0 Å². The van der Waals surface area contributed by atoms with Gasteiger partial charge in [-0.05, 0) is 38.9 Å². The fourth-order valence-corrected chi connectivity index (χ4v) is 2.78. The fraction of sp³-hybridized carbons (Fsp3) is 0.600. The Morgan fingerprint density at radius 3 is 2.71 bits per heavy atom. The molecule has 1 saturated heterocycles. The predicted molar refractivity (Wildman–Crippen MR) is 73.1 cm³/mol. The molecule has 2 nitrogen and oxygen atoms in total. The molecule has 0 aromatic heterocycles. The molecule has 2 atom stereocenters. The molecule has 1 fully saturated rings. The summed E-state index contributed by atoms with van der Waals surface area (Å²) in [4.78, 5) is 2.58. The second kappa shape index (κ2) is 5.19. The molecule has 1 aliphatic heterocycles. The highest BCUT2D eigenvalue weighted by atomic mass is 15.2. The highest BCUT2D eigenvalue weighted by Gasteiger charge is 2.32. The number of hydrogen-bond acceptors (Lipinski definition) is 2. The number of benzene rings is 1. The van der Waals surface area contributed by atoms with E-state index in [2.05, 4.69) is 61.3 Å². The molecule has 2 heteroatoms. The minimum absolute atomic E-state index is 0.0853. The molecular formula is C15H24N2. The standard InChI is InChI=1S/C15H24N2/c1-4-17-12-15(3,16-11-10-13(17)2)14-8-6-5-7-9-14/h5-9,13,16H,4,10-12H2,1-3H3. The van der Waals surface area contributed by atoms with Gasteiger partial charge < -0.3 is 5.32 Å². The fourth-order valence-electron chi connectivity index (χ4n) is 2.78. The van der Waals surface area contributed by atoms with Gasteiger partial charge in [0, 0.05) is 12.6 Å². The first-order valence-corrected chi connectivity index (χ1v) is 6.70. The van der Waals surface area contributed by atoms with Crippen LogP contribution in [0.15, 0.2) is 30.3 Å². The van der Waals surface area contributed by atoms with E-state index in [0.717, 1.165) is 19.6 Å². The van der Waals surface area contributed by atoms with Crippen molar-refractivity contribution in [2.75, 3.05) is 19.6 Å². The van der Waals surface area contributed by atoms with Gasteiger partial charge in [-0.3, -0.25) is 4.90 Å². The summed E-state index contributed by atoms with van der Waals surface area (Å²) >= 11 is 0. The zero-order valence-corrected chi connectivity index (χ0v) is 11.2. The van der Waals surface area contributed by atoms with Crippen molar-refractivity contribution in [3.8, 4) is 0 Å². The largest absolute Gasteiger partial charge is 0.306 e. The van der Waals surface area contributed by atoms with E-state index in [0.29, 0.717) is 6.04 Å². The Hall–Kier alpha value is -0.860. The summed E-state index contributed by atoms with van der Waals surface area (Å²) in [5.74, 6) is 0. The quantitative estimate of drug-likeness (QED) is 0.843. The van der Waals surface area contributed by atoms with E-state index in [9.17, 15) is 0 Å². The monoisotopic (exact) mass is 232 g/mol. The van der Waals surface area contributed by atoms with E-state index >= 15 is 0 Å². The van der Waals surface area contributed by atoms with Crippen LogP contribution in [-0.4, -0.2) is 30.6 Å². The van der Waals surface area contributed by atoms with Crippen molar-refractivity contribution < 1.29 is 0 Å². The lowest BCUT2D eigenvalue weighted by molar-refractivity contribution is 0.183. The molecule has 0 spiro atoms. The van der Waals surface area contributed by atoms with Gasteiger partial charge in [0.1, 0.15) is 0 Å². The van der Waals surface area contributed by atoms with Crippen LogP contribution < -0.4 is 5.32 Å². The Bertz CT molecular complexity index is 349. The number of rotatable bonds is 2. The van der Waals surface area contributed by atoms with Crippen molar-refractivity contribution >= 4 is 0 Å². The minimum atomic E-state index is 0.0853. The lowest BCUT2D eigenvalue weighted by Gasteiger charge is -2.35. The Kier molecular flexibility index (Phi) is 3.85. The van der Waals surface area contributed by atoms with Crippen LogP contribution >= 0.6 is 0 Å². The molecular weight excluding hydrogens is 208 g/mol. The normalized spacial score (nSPS) is 31.1. The maximum Gasteiger partial charge on any atom is 0.0535 e. The van der Waals surface area contributed by atoms with Gasteiger partial charge in [0.15, 0.2) is 0 Å². The van der Waals surface area contributed by atoms with Gasteiger partial charge in [-0.15, -0.1) is 0 Å². The summed E-state index contributed by atoms with van der Waals surface area (Å²) in [7, 11) is 0. The second-order valence-corrected chi connectivity index (χ2v) is 5.33. The molecule has 0 aliphatic carbocycles. The molecule has 0 bridgehead atoms. The average molecular weight is 232 g/mol. The van der Waals surface area contributed by atoms with Crippen LogP contribution in [0.3, 0.4) is 0 Å². The number of hydrogen-bond donors (Lipinski definition) is 1. The second-order valence-electron chi connectivity index (χ2n) is 5.33. The van der Waals surface area contributed by atoms with Crippen LogP contribution in [0.5, 0.6) is 0 Å². The Morgan fingerprint density at radius 1 is 1.35 bits per heavy atom. The van der Waals surface area contributed by atoms with Crippen molar-refractivity contribution in [1.82, 2.24) is 10.2 Å². The third kappa shape index (κ3) is 2.70. The van der Waals surface area contributed by atoms with Gasteiger partial charge in [0.25, 0.3) is 0 Å². The van der Waals surface area contributed by atoms with Crippen LogP contribution in [0.2, 0.25) is 0 Å². The third-order valence-corrected chi connectivity index (χ3v) is 4.04. The first-order chi connectivity index (χ1) is 8.15. The number of nitrogens with one attached hydrogen (secondary N) is 1. The zero-order chi connectivity index (χ0) is 12.3. The van der Waals surface area contributed by atoms with Gasteiger partial charge in [0.05, 0.1) is 5.54 Å². The van der Waals surface area contributed by atoms with Gasteiger partial charge in [-0.25, -0.2) is 0 Å². The van der Waals surface area contributed by atoms with Crippen molar-refractivity contribution in [2.24, 2.45) is 0 Å². The van der Waals surface area contributed by atoms with E-state index < -0.39 is 0 Å². The van der Waals surface area contributed by atoms with Gasteiger partial charge in [-0.2, -0.15) is 0 Å². The van der Waals surface area contributed by atoms with Gasteiger partial charge >= 0.3 is 0 Å². The summed E-state index contributed by atoms with van der Waals surface area (Å²) in [5.41, 5.74) is 1.48. The lowest BCUT2D eigenvalue weighted by Crippen LogP contribution is -2.47. The molecule has 1 N–H and O–H groups in total. The maximum atomic E-state index is 3.73. The van der Waals surface area contributed by atoms with Crippen molar-refractivity contribution in [1.29, 1.82) is 0 Å². The number of nitrogens with zero attached hydrogens (tertiary/aromatic N) is 1. The van der Waals surface area contributed by atoms with Crippen LogP contribution in [0.25, 0.3) is 0 Å². The maximum absolute atomic E-state index is 3.73. The Labute approximate surface area is 105 Å². The Morgan fingerprint density at radius 2 is 2.06 bits per heavy atom. The first kappa shape index (κ1) is 12.6. The topological polar surface area (TPSA) is 15.3 Å². The van der Waals surface area contributed by atoms with Crippen LogP contribution in [0.4, 0.5) is 0 Å². The molecule has 1 aliphatic rings. The van der Waals surface area contributed by atoms with Crippen LogP contribution in [0, 0.1) is 0 Å². The molecule has 0 amide bonds. The van der Waals surface area contributed by atoms with Crippen molar-refractivity contribution in [3.05, 3.63) is 35.9 Å². The van der Waals surface area contributed by atoms with Crippen LogP contribution in [-0.2, 0) is 5.54 Å². The molecule has 1 heterocycles. The smallest absolute Gasteiger partial charge is 0.0535 e. The molecule has 17 heavy (non-hydrogen) atoms. The highest BCUT2D eigenvalue weighted by molar-refractivity contribution is 5.24. The van der Waals surface area contributed by atoms with Crippen LogP contribution in [0.1, 0.15) is 32.8 Å². The summed E-state index contributed by atoms with van der Waals surface area (Å²) in [6, 6.07) is 11.5. The molecule has 0 saturated carbocycles. The van der Waals surface area contributed by atoms with E-state index in [4.69, 9.17) is 0 Å². The first-order valence-electron chi connectivity index (χ1n) is 6.70. The predicted octanol–water partition coefficient (Wildman–Crippen LogP) is 2.61. The minimum Gasteiger partial charge on any atom is -0.306 e. The van der Waals surface area contributed by atoms with E-state index in [1.807, 2.05) is 0 Å². The van der Waals surface area contributed by atoms with E-state index in [-0.39, 0.29) is 5.54 Å². The van der Waals surface area contributed by atoms with Crippen molar-refractivity contribution in [3.63, 3.8) is 0 Å². The highest BCUT2D eigenvalue weighted by Crippen LogP contribution is 2.25. The lowest BCUT2D eigenvalue weighted by atomic mass is 9.91. The van der Waals surface area contributed by atoms with Crippen molar-refractivity contribution in [2.45, 2.75) is 38.8 Å². The molecule has 2 unspecified atom stereocenters. The SMILES string of the molecule is CCN1CC(C)(c2ccccc2)NCCC1C. The molecule has 2 rings (SSSR count). The summed E-state index contributed by atoms with van der Waals surface area (Å²) < 4.78 is 0. The summed E-state index contributed by atoms with van der Waals surface area (Å²) in [5, 5.41) is 3.73. The Balaban J connectivity index is 2.24. The summed E-state index contributed by atoms with van der Waals surface area (Å²) in [6.45, 7) is 10.2. The van der Waals surface area contributed by atoms with E-state index in [1.165, 1.54) is 12.0 Å². The molecule has 94 valence electrons. The average Bonchev–Trinajstić information content (AvgIpc) is 2.51. The summed E-state index contributed by atoms with van der Waals surface area (Å²) in [6.07, 6.45) is 1.23. The molecule has 0 radical (unpaired) electrons. The number of likely N-dealkylation sites (N-methyl/N-ethyl adjacent to an activating group) is 1. The zero-order valence-electron chi connectivity index (χ0n) is 11.2. The molecule has 1 aromatic rings.